The molecule has 2 aromatic heterocycles. The van der Waals surface area contributed by atoms with Crippen molar-refractivity contribution in [1.29, 1.82) is 0 Å². The summed E-state index contributed by atoms with van der Waals surface area (Å²) in [4.78, 5) is 19.0. The number of rotatable bonds is 6. The van der Waals surface area contributed by atoms with Crippen molar-refractivity contribution in [2.45, 2.75) is 13.8 Å². The number of hydrogen-bond donors (Lipinski definition) is 1. The summed E-state index contributed by atoms with van der Waals surface area (Å²) in [6.07, 6.45) is 1.73. The van der Waals surface area contributed by atoms with Crippen molar-refractivity contribution in [2.75, 3.05) is 43.4 Å². The van der Waals surface area contributed by atoms with E-state index in [2.05, 4.69) is 15.2 Å². The summed E-state index contributed by atoms with van der Waals surface area (Å²) < 4.78 is 32.7. The fraction of sp³-hybridized carbons (Fsp3) is 0.364. The van der Waals surface area contributed by atoms with Gasteiger partial charge in [0, 0.05) is 49.9 Å². The van der Waals surface area contributed by atoms with Gasteiger partial charge in [0.1, 0.15) is 11.4 Å². The third-order valence-corrected chi connectivity index (χ3v) is 7.49. The van der Waals surface area contributed by atoms with E-state index in [9.17, 15) is 13.2 Å². The largest absolute Gasteiger partial charge is 0.450 e. The average Bonchev–Trinajstić information content (AvgIpc) is 3.12. The lowest BCUT2D eigenvalue weighted by Gasteiger charge is -2.34. The molecular weight excluding hydrogens is 416 g/mol. The number of aryl methyl sites for hydroxylation is 2. The lowest BCUT2D eigenvalue weighted by molar-refractivity contribution is 0.0929. The molecule has 4 rings (SSSR count). The van der Waals surface area contributed by atoms with Crippen LogP contribution < -0.4 is 10.2 Å². The van der Waals surface area contributed by atoms with Crippen molar-refractivity contribution >= 4 is 32.7 Å². The SMILES string of the molecule is Cc1c(C(=O)NCCS(=O)(=O)N2CCN(c3ccccn3)CC2)oc2c(C)cccc12. The van der Waals surface area contributed by atoms with Gasteiger partial charge in [0.15, 0.2) is 5.76 Å². The Kier molecular flexibility index (Phi) is 5.97. The molecule has 0 saturated carbocycles. The smallest absolute Gasteiger partial charge is 0.287 e. The van der Waals surface area contributed by atoms with E-state index in [1.54, 1.807) is 6.20 Å². The zero-order valence-electron chi connectivity index (χ0n) is 17.7. The first kappa shape index (κ1) is 21.3. The minimum atomic E-state index is -3.47. The predicted molar refractivity (Wildman–Crippen MR) is 120 cm³/mol. The molecule has 0 atom stereocenters. The molecule has 164 valence electrons. The van der Waals surface area contributed by atoms with Crippen LogP contribution in [0.4, 0.5) is 5.82 Å². The van der Waals surface area contributed by atoms with Gasteiger partial charge in [-0.05, 0) is 31.5 Å². The van der Waals surface area contributed by atoms with Crippen molar-refractivity contribution in [1.82, 2.24) is 14.6 Å². The first-order chi connectivity index (χ1) is 14.9. The molecule has 1 aromatic carbocycles. The number of anilines is 1. The number of piperazine rings is 1. The van der Waals surface area contributed by atoms with Crippen molar-refractivity contribution in [3.8, 4) is 0 Å². The molecule has 31 heavy (non-hydrogen) atoms. The van der Waals surface area contributed by atoms with Crippen LogP contribution in [0.15, 0.2) is 47.0 Å². The van der Waals surface area contributed by atoms with Crippen molar-refractivity contribution in [3.63, 3.8) is 0 Å². The summed E-state index contributed by atoms with van der Waals surface area (Å²) >= 11 is 0. The number of benzene rings is 1. The number of sulfonamides is 1. The normalized spacial score (nSPS) is 15.4. The van der Waals surface area contributed by atoms with Gasteiger partial charge in [-0.3, -0.25) is 4.79 Å². The number of hydrogen-bond acceptors (Lipinski definition) is 6. The summed E-state index contributed by atoms with van der Waals surface area (Å²) in [6.45, 7) is 5.74. The minimum absolute atomic E-state index is 0.0249. The molecule has 8 nitrogen and oxygen atoms in total. The number of fused-ring (bicyclic) bond motifs is 1. The lowest BCUT2D eigenvalue weighted by atomic mass is 10.1. The summed E-state index contributed by atoms with van der Waals surface area (Å²) in [5.41, 5.74) is 2.39. The predicted octanol–water partition coefficient (Wildman–Crippen LogP) is 2.33. The Bertz CT molecular complexity index is 1180. The monoisotopic (exact) mass is 442 g/mol. The van der Waals surface area contributed by atoms with Gasteiger partial charge < -0.3 is 14.6 Å². The van der Waals surface area contributed by atoms with E-state index in [1.165, 1.54) is 4.31 Å². The average molecular weight is 443 g/mol. The zero-order valence-corrected chi connectivity index (χ0v) is 18.5. The number of para-hydroxylation sites is 1. The standard InChI is InChI=1S/C22H26N4O4S/c1-16-6-5-7-18-17(2)21(30-20(16)18)22(27)24-10-15-31(28,29)26-13-11-25(12-14-26)19-8-3-4-9-23-19/h3-9H,10-15H2,1-2H3,(H,24,27). The van der Waals surface area contributed by atoms with Crippen LogP contribution in [0.25, 0.3) is 11.0 Å². The maximum absolute atomic E-state index is 12.7. The van der Waals surface area contributed by atoms with Gasteiger partial charge in [0.2, 0.25) is 10.0 Å². The molecule has 0 spiro atoms. The molecule has 1 aliphatic heterocycles. The van der Waals surface area contributed by atoms with Crippen molar-refractivity contribution in [3.05, 3.63) is 59.5 Å². The number of nitrogens with one attached hydrogen (secondary N) is 1. The van der Waals surface area contributed by atoms with E-state index >= 15 is 0 Å². The number of aromatic nitrogens is 1. The molecule has 1 saturated heterocycles. The van der Waals surface area contributed by atoms with E-state index in [0.29, 0.717) is 31.8 Å². The number of carbonyl (C=O) groups excluding carboxylic acids is 1. The van der Waals surface area contributed by atoms with Crippen molar-refractivity contribution in [2.24, 2.45) is 0 Å². The van der Waals surface area contributed by atoms with Crippen molar-refractivity contribution < 1.29 is 17.6 Å². The summed E-state index contributed by atoms with van der Waals surface area (Å²) in [7, 11) is -3.47. The van der Waals surface area contributed by atoms with E-state index in [4.69, 9.17) is 4.42 Å². The van der Waals surface area contributed by atoms with Crippen LogP contribution in [0.2, 0.25) is 0 Å². The van der Waals surface area contributed by atoms with E-state index in [-0.39, 0.29) is 18.1 Å². The molecule has 0 radical (unpaired) electrons. The number of furan rings is 1. The number of carbonyl (C=O) groups is 1. The summed E-state index contributed by atoms with van der Waals surface area (Å²) in [5.74, 6) is 0.526. The molecule has 0 unspecified atom stereocenters. The van der Waals surface area contributed by atoms with Gasteiger partial charge in [-0.1, -0.05) is 24.3 Å². The highest BCUT2D eigenvalue weighted by Gasteiger charge is 2.27. The van der Waals surface area contributed by atoms with Gasteiger partial charge in [-0.15, -0.1) is 0 Å². The van der Waals surface area contributed by atoms with Gasteiger partial charge in [-0.25, -0.2) is 13.4 Å². The number of pyridine rings is 1. The van der Waals surface area contributed by atoms with Crippen LogP contribution in [0, 0.1) is 13.8 Å². The topological polar surface area (TPSA) is 95.8 Å². The second-order valence-corrected chi connectivity index (χ2v) is 9.74. The van der Waals surface area contributed by atoms with Crippen LogP contribution in [-0.2, 0) is 10.0 Å². The maximum Gasteiger partial charge on any atom is 0.287 e. The molecule has 1 amide bonds. The Morgan fingerprint density at radius 3 is 2.55 bits per heavy atom. The molecular formula is C22H26N4O4S. The fourth-order valence-electron chi connectivity index (χ4n) is 3.84. The van der Waals surface area contributed by atoms with Gasteiger partial charge in [0.25, 0.3) is 5.91 Å². The van der Waals surface area contributed by atoms with Gasteiger partial charge in [-0.2, -0.15) is 4.31 Å². The molecule has 3 aromatic rings. The molecule has 1 aliphatic rings. The Morgan fingerprint density at radius 1 is 1.10 bits per heavy atom. The van der Waals surface area contributed by atoms with Crippen LogP contribution in [-0.4, -0.2) is 62.1 Å². The Labute approximate surface area is 181 Å². The Morgan fingerprint density at radius 2 is 1.87 bits per heavy atom. The highest BCUT2D eigenvalue weighted by atomic mass is 32.2. The quantitative estimate of drug-likeness (QED) is 0.630. The van der Waals surface area contributed by atoms with E-state index in [1.807, 2.05) is 50.2 Å². The van der Waals surface area contributed by atoms with Gasteiger partial charge >= 0.3 is 0 Å². The van der Waals surface area contributed by atoms with E-state index < -0.39 is 15.9 Å². The minimum Gasteiger partial charge on any atom is -0.450 e. The Balaban J connectivity index is 1.33. The van der Waals surface area contributed by atoms with Gasteiger partial charge in [0.05, 0.1) is 5.75 Å². The van der Waals surface area contributed by atoms with E-state index in [0.717, 1.165) is 22.3 Å². The van der Waals surface area contributed by atoms with Crippen LogP contribution in [0.5, 0.6) is 0 Å². The van der Waals surface area contributed by atoms with Crippen LogP contribution in [0.3, 0.4) is 0 Å². The molecule has 1 fully saturated rings. The first-order valence-corrected chi connectivity index (χ1v) is 11.9. The second-order valence-electron chi connectivity index (χ2n) is 7.65. The number of amides is 1. The zero-order chi connectivity index (χ0) is 22.0. The first-order valence-electron chi connectivity index (χ1n) is 10.3. The maximum atomic E-state index is 12.7. The highest BCUT2D eigenvalue weighted by Crippen LogP contribution is 2.27. The molecule has 9 heteroatoms. The molecule has 0 aliphatic carbocycles. The molecule has 0 bridgehead atoms. The fourth-order valence-corrected chi connectivity index (χ4v) is 5.18. The van der Waals surface area contributed by atoms with Crippen LogP contribution in [0.1, 0.15) is 21.7 Å². The van der Waals surface area contributed by atoms with Crippen LogP contribution >= 0.6 is 0 Å². The summed E-state index contributed by atoms with van der Waals surface area (Å²) in [5, 5.41) is 3.58. The summed E-state index contributed by atoms with van der Waals surface area (Å²) in [6, 6.07) is 11.4. The number of nitrogens with zero attached hydrogens (tertiary/aromatic N) is 3. The third kappa shape index (κ3) is 4.42. The lowest BCUT2D eigenvalue weighted by Crippen LogP contribution is -2.50. The molecule has 1 N–H and O–H groups in total. The molecule has 3 heterocycles. The second kappa shape index (κ2) is 8.68. The Hall–Kier alpha value is -2.91. The third-order valence-electron chi connectivity index (χ3n) is 5.62. The highest BCUT2D eigenvalue weighted by molar-refractivity contribution is 7.89.